The quantitative estimate of drug-likeness (QED) is 0.765. The second-order valence-corrected chi connectivity index (χ2v) is 7.78. The summed E-state index contributed by atoms with van der Waals surface area (Å²) in [5.74, 6) is -0.169. The van der Waals surface area contributed by atoms with Gasteiger partial charge in [0.1, 0.15) is 0 Å². The van der Waals surface area contributed by atoms with Gasteiger partial charge in [-0.3, -0.25) is 9.52 Å². The highest BCUT2D eigenvalue weighted by Gasteiger charge is 2.23. The van der Waals surface area contributed by atoms with Crippen molar-refractivity contribution in [2.45, 2.75) is 18.2 Å². The van der Waals surface area contributed by atoms with E-state index < -0.39 is 10.0 Å². The summed E-state index contributed by atoms with van der Waals surface area (Å²) >= 11 is 0. The molecule has 1 aliphatic heterocycles. The van der Waals surface area contributed by atoms with Crippen LogP contribution in [-0.4, -0.2) is 27.4 Å². The molecule has 1 fully saturated rings. The fourth-order valence-corrected chi connectivity index (χ4v) is 4.14. The van der Waals surface area contributed by atoms with E-state index in [2.05, 4.69) is 15.4 Å². The summed E-state index contributed by atoms with van der Waals surface area (Å²) < 4.78 is 27.9. The average Bonchev–Trinajstić information content (AvgIpc) is 3.11. The summed E-state index contributed by atoms with van der Waals surface area (Å²) in [5.41, 5.74) is 1.59. The molecule has 0 bridgehead atoms. The van der Waals surface area contributed by atoms with Gasteiger partial charge >= 0.3 is 0 Å². The van der Waals surface area contributed by atoms with Crippen LogP contribution in [0.1, 0.15) is 12.0 Å². The highest BCUT2D eigenvalue weighted by atomic mass is 32.2. The first-order valence-electron chi connectivity index (χ1n) is 8.16. The van der Waals surface area contributed by atoms with E-state index >= 15 is 0 Å². The Morgan fingerprint density at radius 1 is 1.12 bits per heavy atom. The van der Waals surface area contributed by atoms with Crippen LogP contribution in [0.3, 0.4) is 0 Å². The zero-order valence-corrected chi connectivity index (χ0v) is 14.8. The molecule has 0 saturated carbocycles. The van der Waals surface area contributed by atoms with Crippen molar-refractivity contribution in [3.63, 3.8) is 0 Å². The number of amides is 1. The summed E-state index contributed by atoms with van der Waals surface area (Å²) in [4.78, 5) is 12.4. The number of hydrogen-bond acceptors (Lipinski definition) is 4. The molecule has 2 aromatic carbocycles. The molecule has 3 rings (SSSR count). The standard InChI is InChI=1S/C18H21N3O3S/c1-13-7-8-16(20-18(22)14-9-10-19-12-14)11-17(13)25(23,24)21-15-5-3-2-4-6-15/h2-8,11,14,19,21H,9-10,12H2,1H3,(H,20,22). The third-order valence-corrected chi connectivity index (χ3v) is 5.73. The van der Waals surface area contributed by atoms with E-state index in [1.807, 2.05) is 6.07 Å². The molecule has 132 valence electrons. The topological polar surface area (TPSA) is 87.3 Å². The lowest BCUT2D eigenvalue weighted by atomic mass is 10.1. The van der Waals surface area contributed by atoms with Gasteiger partial charge in [0.15, 0.2) is 0 Å². The molecule has 1 saturated heterocycles. The van der Waals surface area contributed by atoms with Gasteiger partial charge in [-0.25, -0.2) is 8.42 Å². The summed E-state index contributed by atoms with van der Waals surface area (Å²) in [6.07, 6.45) is 0.790. The summed E-state index contributed by atoms with van der Waals surface area (Å²) in [6, 6.07) is 13.6. The molecule has 7 heteroatoms. The summed E-state index contributed by atoms with van der Waals surface area (Å²) in [7, 11) is -3.73. The highest BCUT2D eigenvalue weighted by molar-refractivity contribution is 7.92. The van der Waals surface area contributed by atoms with Crippen molar-refractivity contribution < 1.29 is 13.2 Å². The number of benzene rings is 2. The predicted molar refractivity (Wildman–Crippen MR) is 98.0 cm³/mol. The van der Waals surface area contributed by atoms with Gasteiger partial charge < -0.3 is 10.6 Å². The van der Waals surface area contributed by atoms with Crippen molar-refractivity contribution in [3.05, 3.63) is 54.1 Å². The molecule has 1 heterocycles. The van der Waals surface area contributed by atoms with Crippen LogP contribution in [0.5, 0.6) is 0 Å². The number of hydrogen-bond donors (Lipinski definition) is 3. The van der Waals surface area contributed by atoms with Gasteiger partial charge in [0.2, 0.25) is 5.91 Å². The lowest BCUT2D eigenvalue weighted by Crippen LogP contribution is -2.24. The van der Waals surface area contributed by atoms with E-state index in [0.29, 0.717) is 23.5 Å². The van der Waals surface area contributed by atoms with Crippen LogP contribution >= 0.6 is 0 Å². The Bertz CT molecular complexity index is 860. The Morgan fingerprint density at radius 3 is 2.56 bits per heavy atom. The molecule has 2 aromatic rings. The van der Waals surface area contributed by atoms with Crippen LogP contribution in [0.2, 0.25) is 0 Å². The second kappa shape index (κ2) is 7.25. The van der Waals surface area contributed by atoms with Gasteiger partial charge in [-0.15, -0.1) is 0 Å². The van der Waals surface area contributed by atoms with Crippen LogP contribution in [0.4, 0.5) is 11.4 Å². The van der Waals surface area contributed by atoms with Crippen LogP contribution in [0.15, 0.2) is 53.4 Å². The molecule has 0 radical (unpaired) electrons. The number of carbonyl (C=O) groups excluding carboxylic acids is 1. The monoisotopic (exact) mass is 359 g/mol. The van der Waals surface area contributed by atoms with Crippen LogP contribution in [0, 0.1) is 12.8 Å². The maximum atomic E-state index is 12.7. The van der Waals surface area contributed by atoms with Gasteiger partial charge in [-0.05, 0) is 49.7 Å². The van der Waals surface area contributed by atoms with Crippen molar-refractivity contribution in [2.24, 2.45) is 5.92 Å². The Kier molecular flexibility index (Phi) is 5.06. The number of sulfonamides is 1. The maximum Gasteiger partial charge on any atom is 0.262 e. The van der Waals surface area contributed by atoms with Crippen molar-refractivity contribution in [1.82, 2.24) is 5.32 Å². The zero-order valence-electron chi connectivity index (χ0n) is 14.0. The number of nitrogens with one attached hydrogen (secondary N) is 3. The molecular weight excluding hydrogens is 338 g/mol. The molecule has 25 heavy (non-hydrogen) atoms. The predicted octanol–water partition coefficient (Wildman–Crippen LogP) is 2.34. The van der Waals surface area contributed by atoms with Crippen molar-refractivity contribution in [3.8, 4) is 0 Å². The number of rotatable bonds is 5. The number of para-hydroxylation sites is 1. The molecule has 1 unspecified atom stereocenters. The second-order valence-electron chi connectivity index (χ2n) is 6.13. The van der Waals surface area contributed by atoms with E-state index in [4.69, 9.17) is 0 Å². The molecule has 1 amide bonds. The normalized spacial score (nSPS) is 17.2. The van der Waals surface area contributed by atoms with E-state index in [0.717, 1.165) is 13.0 Å². The van der Waals surface area contributed by atoms with Crippen molar-refractivity contribution >= 4 is 27.3 Å². The Labute approximate surface area is 147 Å². The van der Waals surface area contributed by atoms with Gasteiger partial charge in [0.05, 0.1) is 10.8 Å². The minimum atomic E-state index is -3.73. The lowest BCUT2D eigenvalue weighted by Gasteiger charge is -2.14. The average molecular weight is 359 g/mol. The largest absolute Gasteiger partial charge is 0.326 e. The minimum absolute atomic E-state index is 0.0798. The smallest absolute Gasteiger partial charge is 0.262 e. The van der Waals surface area contributed by atoms with Crippen LogP contribution < -0.4 is 15.4 Å². The van der Waals surface area contributed by atoms with Gasteiger partial charge in [-0.1, -0.05) is 24.3 Å². The number of anilines is 2. The van der Waals surface area contributed by atoms with E-state index in [9.17, 15) is 13.2 Å². The minimum Gasteiger partial charge on any atom is -0.326 e. The van der Waals surface area contributed by atoms with Crippen molar-refractivity contribution in [1.29, 1.82) is 0 Å². The first kappa shape index (κ1) is 17.4. The molecule has 3 N–H and O–H groups in total. The Balaban J connectivity index is 1.82. The lowest BCUT2D eigenvalue weighted by molar-refractivity contribution is -0.119. The molecule has 1 aliphatic rings. The molecule has 0 spiro atoms. The van der Waals surface area contributed by atoms with E-state index in [1.165, 1.54) is 6.07 Å². The fourth-order valence-electron chi connectivity index (χ4n) is 2.81. The van der Waals surface area contributed by atoms with Crippen LogP contribution in [0.25, 0.3) is 0 Å². The van der Waals surface area contributed by atoms with E-state index in [-0.39, 0.29) is 16.7 Å². The zero-order chi connectivity index (χ0) is 17.9. The number of carbonyl (C=O) groups is 1. The molecule has 0 aliphatic carbocycles. The maximum absolute atomic E-state index is 12.7. The van der Waals surface area contributed by atoms with Crippen LogP contribution in [-0.2, 0) is 14.8 Å². The first-order valence-corrected chi connectivity index (χ1v) is 9.64. The molecule has 6 nitrogen and oxygen atoms in total. The highest BCUT2D eigenvalue weighted by Crippen LogP contribution is 2.23. The van der Waals surface area contributed by atoms with Gasteiger partial charge in [0, 0.05) is 17.9 Å². The fraction of sp³-hybridized carbons (Fsp3) is 0.278. The first-order chi connectivity index (χ1) is 12.0. The Hall–Kier alpha value is -2.38. The summed E-state index contributed by atoms with van der Waals surface area (Å²) in [6.45, 7) is 3.21. The van der Waals surface area contributed by atoms with Gasteiger partial charge in [-0.2, -0.15) is 0 Å². The van der Waals surface area contributed by atoms with Crippen molar-refractivity contribution in [2.75, 3.05) is 23.1 Å². The Morgan fingerprint density at radius 2 is 1.88 bits per heavy atom. The van der Waals surface area contributed by atoms with Gasteiger partial charge in [0.25, 0.3) is 10.0 Å². The third-order valence-electron chi connectivity index (χ3n) is 4.20. The molecule has 1 atom stereocenters. The molecular formula is C18H21N3O3S. The third kappa shape index (κ3) is 4.18. The summed E-state index contributed by atoms with van der Waals surface area (Å²) in [5, 5.41) is 5.96. The molecule has 0 aromatic heterocycles. The van der Waals surface area contributed by atoms with E-state index in [1.54, 1.807) is 43.3 Å². The number of aryl methyl sites for hydroxylation is 1. The SMILES string of the molecule is Cc1ccc(NC(=O)C2CCNC2)cc1S(=O)(=O)Nc1ccccc1.